The van der Waals surface area contributed by atoms with Crippen LogP contribution in [0.5, 0.6) is 0 Å². The fraction of sp³-hybridized carbons (Fsp3) is 0.364. The van der Waals surface area contributed by atoms with E-state index in [1.165, 1.54) is 24.3 Å². The van der Waals surface area contributed by atoms with Crippen molar-refractivity contribution in [2.24, 2.45) is 0 Å². The zero-order chi connectivity index (χ0) is 21.7. The summed E-state index contributed by atoms with van der Waals surface area (Å²) in [5.74, 6) is -0.402. The van der Waals surface area contributed by atoms with Crippen molar-refractivity contribution in [3.05, 3.63) is 58.3 Å². The number of benzene rings is 2. The maximum Gasteiger partial charge on any atom is 0.319 e. The second-order valence-electron chi connectivity index (χ2n) is 7.56. The van der Waals surface area contributed by atoms with Gasteiger partial charge in [-0.15, -0.1) is 0 Å². The number of urea groups is 1. The molecule has 1 heterocycles. The Morgan fingerprint density at radius 2 is 1.77 bits per heavy atom. The molecule has 0 aromatic heterocycles. The number of halogens is 2. The van der Waals surface area contributed by atoms with Gasteiger partial charge in [-0.2, -0.15) is 0 Å². The minimum Gasteiger partial charge on any atom is -0.335 e. The lowest BCUT2D eigenvalue weighted by molar-refractivity contribution is -0.121. The summed E-state index contributed by atoms with van der Waals surface area (Å²) in [6.45, 7) is 5.32. The minimum atomic E-state index is -0.346. The van der Waals surface area contributed by atoms with E-state index in [-0.39, 0.29) is 29.8 Å². The summed E-state index contributed by atoms with van der Waals surface area (Å²) in [4.78, 5) is 26.9. The highest BCUT2D eigenvalue weighted by Gasteiger charge is 2.27. The fourth-order valence-corrected chi connectivity index (χ4v) is 4.03. The zero-order valence-electron chi connectivity index (χ0n) is 17.0. The normalized spacial score (nSPS) is 16.0. The van der Waals surface area contributed by atoms with E-state index >= 15 is 0 Å². The van der Waals surface area contributed by atoms with Crippen molar-refractivity contribution in [2.75, 3.05) is 23.7 Å². The first kappa shape index (κ1) is 22.2. The first-order valence-corrected chi connectivity index (χ1v) is 10.8. The van der Waals surface area contributed by atoms with Gasteiger partial charge in [-0.1, -0.05) is 6.07 Å². The predicted molar refractivity (Wildman–Crippen MR) is 120 cm³/mol. The molecule has 3 N–H and O–H groups in total. The highest BCUT2D eigenvalue weighted by atomic mass is 79.9. The number of amides is 3. The van der Waals surface area contributed by atoms with Crippen LogP contribution in [0.1, 0.15) is 25.3 Å². The molecule has 1 atom stereocenters. The molecule has 2 aromatic rings. The molecule has 30 heavy (non-hydrogen) atoms. The Morgan fingerprint density at radius 3 is 2.40 bits per heavy atom. The smallest absolute Gasteiger partial charge is 0.319 e. The molecule has 3 amide bonds. The third-order valence-corrected chi connectivity index (χ3v) is 5.93. The number of hydrogen-bond acceptors (Lipinski definition) is 3. The summed E-state index contributed by atoms with van der Waals surface area (Å²) in [5.41, 5.74) is 2.41. The number of carbonyl (C=O) groups excluding carboxylic acids is 2. The molecule has 0 radical (unpaired) electrons. The molecule has 3 rings (SSSR count). The van der Waals surface area contributed by atoms with Gasteiger partial charge in [-0.25, -0.2) is 9.18 Å². The molecule has 8 heteroatoms. The zero-order valence-corrected chi connectivity index (χ0v) is 18.6. The number of carbonyl (C=O) groups is 2. The summed E-state index contributed by atoms with van der Waals surface area (Å²) >= 11 is 3.49. The molecule has 0 aliphatic carbocycles. The first-order chi connectivity index (χ1) is 14.3. The predicted octanol–water partition coefficient (Wildman–Crippen LogP) is 4.51. The summed E-state index contributed by atoms with van der Waals surface area (Å²) in [5, 5.41) is 8.63. The average molecular weight is 477 g/mol. The van der Waals surface area contributed by atoms with E-state index in [2.05, 4.69) is 36.8 Å². The number of aryl methyl sites for hydroxylation is 1. The number of rotatable bonds is 5. The molecule has 1 unspecified atom stereocenters. The third-order valence-electron chi connectivity index (χ3n) is 5.28. The van der Waals surface area contributed by atoms with E-state index in [1.54, 1.807) is 0 Å². The molecule has 1 fully saturated rings. The molecule has 0 saturated carbocycles. The second kappa shape index (κ2) is 10.0. The maximum atomic E-state index is 12.9. The van der Waals surface area contributed by atoms with Crippen LogP contribution in [0, 0.1) is 12.7 Å². The van der Waals surface area contributed by atoms with Gasteiger partial charge in [0, 0.05) is 29.3 Å². The van der Waals surface area contributed by atoms with Crippen molar-refractivity contribution in [1.82, 2.24) is 10.2 Å². The summed E-state index contributed by atoms with van der Waals surface area (Å²) in [6, 6.07) is 10.9. The van der Waals surface area contributed by atoms with Crippen molar-refractivity contribution in [3.63, 3.8) is 0 Å². The van der Waals surface area contributed by atoms with Crippen LogP contribution < -0.4 is 16.0 Å². The van der Waals surface area contributed by atoms with Crippen LogP contribution in [0.25, 0.3) is 0 Å². The van der Waals surface area contributed by atoms with Gasteiger partial charge in [-0.05, 0) is 84.6 Å². The Bertz CT molecular complexity index is 899. The highest BCUT2D eigenvalue weighted by molar-refractivity contribution is 9.10. The molecule has 2 aromatic carbocycles. The fourth-order valence-electron chi connectivity index (χ4n) is 3.44. The summed E-state index contributed by atoms with van der Waals surface area (Å²) in [7, 11) is 0. The monoisotopic (exact) mass is 476 g/mol. The van der Waals surface area contributed by atoms with Crippen molar-refractivity contribution in [1.29, 1.82) is 0 Å². The Kier molecular flexibility index (Phi) is 7.44. The van der Waals surface area contributed by atoms with Crippen molar-refractivity contribution in [3.8, 4) is 0 Å². The quantitative estimate of drug-likeness (QED) is 0.594. The average Bonchev–Trinajstić information content (AvgIpc) is 2.71. The van der Waals surface area contributed by atoms with E-state index in [9.17, 15) is 14.0 Å². The molecular formula is C22H26BrFN4O2. The van der Waals surface area contributed by atoms with Crippen molar-refractivity contribution < 1.29 is 14.0 Å². The summed E-state index contributed by atoms with van der Waals surface area (Å²) < 4.78 is 13.8. The lowest BCUT2D eigenvalue weighted by Crippen LogP contribution is -2.51. The van der Waals surface area contributed by atoms with Gasteiger partial charge in [0.1, 0.15) is 5.82 Å². The largest absolute Gasteiger partial charge is 0.335 e. The number of anilines is 2. The van der Waals surface area contributed by atoms with Crippen LogP contribution >= 0.6 is 15.9 Å². The van der Waals surface area contributed by atoms with Gasteiger partial charge in [0.25, 0.3) is 0 Å². The van der Waals surface area contributed by atoms with Crippen LogP contribution in [0.15, 0.2) is 46.9 Å². The number of nitrogens with zero attached hydrogens (tertiary/aromatic N) is 1. The Morgan fingerprint density at radius 1 is 1.10 bits per heavy atom. The molecule has 160 valence electrons. The second-order valence-corrected chi connectivity index (χ2v) is 8.42. The summed E-state index contributed by atoms with van der Waals surface area (Å²) in [6.07, 6.45) is 1.51. The van der Waals surface area contributed by atoms with Crippen LogP contribution in [0.3, 0.4) is 0 Å². The molecule has 1 aliphatic rings. The molecule has 6 nitrogen and oxygen atoms in total. The van der Waals surface area contributed by atoms with Crippen LogP contribution in [-0.4, -0.2) is 42.0 Å². The van der Waals surface area contributed by atoms with Crippen LogP contribution in [0.2, 0.25) is 0 Å². The van der Waals surface area contributed by atoms with E-state index in [1.807, 2.05) is 32.0 Å². The molecule has 0 spiro atoms. The van der Waals surface area contributed by atoms with Gasteiger partial charge >= 0.3 is 6.03 Å². The Labute approximate surface area is 184 Å². The third kappa shape index (κ3) is 6.03. The molecule has 0 bridgehead atoms. The highest BCUT2D eigenvalue weighted by Crippen LogP contribution is 2.24. The Hall–Kier alpha value is -2.45. The van der Waals surface area contributed by atoms with Gasteiger partial charge in [0.15, 0.2) is 0 Å². The lowest BCUT2D eigenvalue weighted by Gasteiger charge is -2.35. The topological polar surface area (TPSA) is 73.5 Å². The Balaban J connectivity index is 1.45. The molecule has 1 aliphatic heterocycles. The van der Waals surface area contributed by atoms with E-state index in [0.717, 1.165) is 28.6 Å². The van der Waals surface area contributed by atoms with Gasteiger partial charge in [-0.3, -0.25) is 9.69 Å². The number of nitrogens with one attached hydrogen (secondary N) is 3. The number of hydrogen-bond donors (Lipinski definition) is 3. The lowest BCUT2D eigenvalue weighted by atomic mass is 10.0. The standard InChI is InChI=1S/C22H26BrFN4O2/c1-14-3-8-20(19(23)13-14)27-21(29)15(2)28-11-9-18(10-12-28)26-22(30)25-17-6-4-16(24)5-7-17/h3-8,13,15,18H,9-12H2,1-2H3,(H,27,29)(H2,25,26,30). The first-order valence-electron chi connectivity index (χ1n) is 9.96. The minimum absolute atomic E-state index is 0.0307. The van der Waals surface area contributed by atoms with Crippen LogP contribution in [-0.2, 0) is 4.79 Å². The number of likely N-dealkylation sites (tertiary alicyclic amines) is 1. The van der Waals surface area contributed by atoms with Crippen LogP contribution in [0.4, 0.5) is 20.6 Å². The van der Waals surface area contributed by atoms with E-state index in [4.69, 9.17) is 0 Å². The van der Waals surface area contributed by atoms with Gasteiger partial charge in [0.2, 0.25) is 5.91 Å². The molecule has 1 saturated heterocycles. The van der Waals surface area contributed by atoms with Crippen molar-refractivity contribution >= 4 is 39.2 Å². The number of piperidine rings is 1. The van der Waals surface area contributed by atoms with E-state index < -0.39 is 0 Å². The molecular weight excluding hydrogens is 451 g/mol. The van der Waals surface area contributed by atoms with Gasteiger partial charge in [0.05, 0.1) is 11.7 Å². The van der Waals surface area contributed by atoms with Gasteiger partial charge < -0.3 is 16.0 Å². The van der Waals surface area contributed by atoms with E-state index in [0.29, 0.717) is 18.8 Å². The maximum absolute atomic E-state index is 12.9. The SMILES string of the molecule is Cc1ccc(NC(=O)C(C)N2CCC(NC(=O)Nc3ccc(F)cc3)CC2)c(Br)c1. The van der Waals surface area contributed by atoms with Crippen molar-refractivity contribution in [2.45, 2.75) is 38.8 Å².